The molecule has 0 bridgehead atoms. The SMILES string of the molecule is O=C(O)[C@@H](Cc1ccccc1)NCc1ccc(OCC(F)F)cc1. The Morgan fingerprint density at radius 1 is 1.04 bits per heavy atom. The van der Waals surface area contributed by atoms with Gasteiger partial charge in [0.25, 0.3) is 6.43 Å². The van der Waals surface area contributed by atoms with E-state index in [0.717, 1.165) is 11.1 Å². The first-order chi connectivity index (χ1) is 11.5. The maximum absolute atomic E-state index is 12.1. The number of aliphatic carboxylic acids is 1. The van der Waals surface area contributed by atoms with E-state index < -0.39 is 25.0 Å². The molecule has 0 aromatic heterocycles. The van der Waals surface area contributed by atoms with Crippen LogP contribution >= 0.6 is 0 Å². The van der Waals surface area contributed by atoms with E-state index in [9.17, 15) is 18.7 Å². The quantitative estimate of drug-likeness (QED) is 0.739. The van der Waals surface area contributed by atoms with Crippen LogP contribution in [-0.4, -0.2) is 30.2 Å². The fourth-order valence-corrected chi connectivity index (χ4v) is 2.20. The maximum atomic E-state index is 12.1. The van der Waals surface area contributed by atoms with Crippen LogP contribution in [0.2, 0.25) is 0 Å². The van der Waals surface area contributed by atoms with Gasteiger partial charge in [0, 0.05) is 6.54 Å². The van der Waals surface area contributed by atoms with Crippen LogP contribution < -0.4 is 10.1 Å². The average molecular weight is 335 g/mol. The summed E-state index contributed by atoms with van der Waals surface area (Å²) in [5, 5.41) is 12.3. The van der Waals surface area contributed by atoms with E-state index in [0.29, 0.717) is 18.7 Å². The number of nitrogens with one attached hydrogen (secondary N) is 1. The van der Waals surface area contributed by atoms with Crippen molar-refractivity contribution in [3.8, 4) is 5.75 Å². The molecule has 0 unspecified atom stereocenters. The normalized spacial score (nSPS) is 12.1. The molecule has 2 N–H and O–H groups in total. The highest BCUT2D eigenvalue weighted by Gasteiger charge is 2.17. The molecule has 24 heavy (non-hydrogen) atoms. The Morgan fingerprint density at radius 3 is 2.29 bits per heavy atom. The van der Waals surface area contributed by atoms with E-state index in [1.807, 2.05) is 30.3 Å². The lowest BCUT2D eigenvalue weighted by Crippen LogP contribution is -2.38. The Morgan fingerprint density at radius 2 is 1.71 bits per heavy atom. The van der Waals surface area contributed by atoms with E-state index in [-0.39, 0.29) is 0 Å². The van der Waals surface area contributed by atoms with Gasteiger partial charge in [0.2, 0.25) is 0 Å². The molecule has 1 atom stereocenters. The predicted octanol–water partition coefficient (Wildman–Crippen LogP) is 3.12. The zero-order valence-electron chi connectivity index (χ0n) is 13.0. The van der Waals surface area contributed by atoms with Gasteiger partial charge in [-0.3, -0.25) is 4.79 Å². The number of benzene rings is 2. The van der Waals surface area contributed by atoms with Crippen molar-refractivity contribution in [1.82, 2.24) is 5.32 Å². The molecule has 6 heteroatoms. The molecule has 0 radical (unpaired) electrons. The van der Waals surface area contributed by atoms with Gasteiger partial charge in [-0.1, -0.05) is 42.5 Å². The van der Waals surface area contributed by atoms with Crippen molar-refractivity contribution in [2.24, 2.45) is 0 Å². The van der Waals surface area contributed by atoms with E-state index >= 15 is 0 Å². The number of carbonyl (C=O) groups is 1. The third-order valence-corrected chi connectivity index (χ3v) is 3.43. The molecule has 0 aliphatic rings. The summed E-state index contributed by atoms with van der Waals surface area (Å²) in [5.41, 5.74) is 1.78. The Labute approximate surface area is 139 Å². The van der Waals surface area contributed by atoms with Crippen LogP contribution in [0.1, 0.15) is 11.1 Å². The Bertz CT molecular complexity index is 632. The fraction of sp³-hybridized carbons (Fsp3) is 0.278. The molecule has 0 saturated heterocycles. The topological polar surface area (TPSA) is 58.6 Å². The van der Waals surface area contributed by atoms with E-state index in [1.165, 1.54) is 0 Å². The van der Waals surface area contributed by atoms with Crippen LogP contribution in [-0.2, 0) is 17.8 Å². The van der Waals surface area contributed by atoms with Gasteiger partial charge in [-0.2, -0.15) is 0 Å². The van der Waals surface area contributed by atoms with Gasteiger partial charge in [0.1, 0.15) is 18.4 Å². The van der Waals surface area contributed by atoms with Crippen molar-refractivity contribution in [2.75, 3.05) is 6.61 Å². The van der Waals surface area contributed by atoms with Crippen LogP contribution in [0.4, 0.5) is 8.78 Å². The van der Waals surface area contributed by atoms with Gasteiger partial charge < -0.3 is 15.2 Å². The number of carboxylic acids is 1. The van der Waals surface area contributed by atoms with Crippen LogP contribution in [0.3, 0.4) is 0 Å². The van der Waals surface area contributed by atoms with Crippen molar-refractivity contribution in [2.45, 2.75) is 25.4 Å². The van der Waals surface area contributed by atoms with Crippen molar-refractivity contribution in [3.63, 3.8) is 0 Å². The van der Waals surface area contributed by atoms with Crippen molar-refractivity contribution >= 4 is 5.97 Å². The van der Waals surface area contributed by atoms with E-state index in [1.54, 1.807) is 24.3 Å². The second-order valence-corrected chi connectivity index (χ2v) is 5.31. The first-order valence-corrected chi connectivity index (χ1v) is 7.54. The summed E-state index contributed by atoms with van der Waals surface area (Å²) in [6, 6.07) is 15.3. The number of halogens is 2. The number of hydrogen-bond acceptors (Lipinski definition) is 3. The number of hydrogen-bond donors (Lipinski definition) is 2. The second-order valence-electron chi connectivity index (χ2n) is 5.31. The summed E-state index contributed by atoms with van der Waals surface area (Å²) < 4.78 is 29.0. The van der Waals surface area contributed by atoms with Gasteiger partial charge >= 0.3 is 5.97 Å². The Hall–Kier alpha value is -2.47. The molecule has 2 aromatic carbocycles. The van der Waals surface area contributed by atoms with Gasteiger partial charge in [0.15, 0.2) is 0 Å². The minimum absolute atomic E-state index is 0.359. The highest BCUT2D eigenvalue weighted by molar-refractivity contribution is 5.73. The third-order valence-electron chi connectivity index (χ3n) is 3.43. The number of carboxylic acid groups (broad SMARTS) is 1. The molecule has 4 nitrogen and oxygen atoms in total. The zero-order valence-corrected chi connectivity index (χ0v) is 13.0. The van der Waals surface area contributed by atoms with Gasteiger partial charge in [-0.25, -0.2) is 8.78 Å². The Kier molecular flexibility index (Phi) is 6.69. The highest BCUT2D eigenvalue weighted by Crippen LogP contribution is 2.13. The summed E-state index contributed by atoms with van der Waals surface area (Å²) in [6.07, 6.45) is -2.13. The summed E-state index contributed by atoms with van der Waals surface area (Å²) in [7, 11) is 0. The molecule has 0 amide bonds. The van der Waals surface area contributed by atoms with Gasteiger partial charge in [-0.15, -0.1) is 0 Å². The lowest BCUT2D eigenvalue weighted by Gasteiger charge is -2.15. The lowest BCUT2D eigenvalue weighted by atomic mass is 10.1. The van der Waals surface area contributed by atoms with Crippen LogP contribution in [0.15, 0.2) is 54.6 Å². The van der Waals surface area contributed by atoms with Crippen LogP contribution in [0.25, 0.3) is 0 Å². The van der Waals surface area contributed by atoms with E-state index in [2.05, 4.69) is 5.32 Å². The Balaban J connectivity index is 1.88. The number of ether oxygens (including phenoxy) is 1. The largest absolute Gasteiger partial charge is 0.488 e. The third kappa shape index (κ3) is 5.96. The van der Waals surface area contributed by atoms with E-state index in [4.69, 9.17) is 4.74 Å². The molecular formula is C18H19F2NO3. The molecule has 0 aliphatic carbocycles. The summed E-state index contributed by atoms with van der Waals surface area (Å²) in [5.74, 6) is -0.561. The molecule has 128 valence electrons. The fourth-order valence-electron chi connectivity index (χ4n) is 2.20. The minimum atomic E-state index is -2.51. The van der Waals surface area contributed by atoms with Crippen molar-refractivity contribution in [3.05, 3.63) is 65.7 Å². The molecule has 2 rings (SSSR count). The summed E-state index contributed by atoms with van der Waals surface area (Å²) >= 11 is 0. The second kappa shape index (κ2) is 8.98. The molecular weight excluding hydrogens is 316 g/mol. The zero-order chi connectivity index (χ0) is 17.4. The molecule has 0 fully saturated rings. The van der Waals surface area contributed by atoms with Crippen LogP contribution in [0.5, 0.6) is 5.75 Å². The standard InChI is InChI=1S/C18H19F2NO3/c19-17(20)12-24-15-8-6-14(7-9-15)11-21-16(18(22)23)10-13-4-2-1-3-5-13/h1-9,16-17,21H,10-12H2,(H,22,23)/t16-/m1/s1. The van der Waals surface area contributed by atoms with Crippen molar-refractivity contribution < 1.29 is 23.4 Å². The van der Waals surface area contributed by atoms with Crippen LogP contribution in [0, 0.1) is 0 Å². The number of alkyl halides is 2. The average Bonchev–Trinajstić information content (AvgIpc) is 2.58. The van der Waals surface area contributed by atoms with Gasteiger partial charge in [0.05, 0.1) is 0 Å². The molecule has 0 heterocycles. The molecule has 0 spiro atoms. The van der Waals surface area contributed by atoms with Gasteiger partial charge in [-0.05, 0) is 29.7 Å². The first-order valence-electron chi connectivity index (χ1n) is 7.54. The first kappa shape index (κ1) is 17.9. The summed E-state index contributed by atoms with van der Waals surface area (Å²) in [4.78, 5) is 11.4. The van der Waals surface area contributed by atoms with Crippen molar-refractivity contribution in [1.29, 1.82) is 0 Å². The molecule has 0 saturated carbocycles. The monoisotopic (exact) mass is 335 g/mol. The predicted molar refractivity (Wildman–Crippen MR) is 86.4 cm³/mol. The smallest absolute Gasteiger partial charge is 0.321 e. The minimum Gasteiger partial charge on any atom is -0.488 e. The summed E-state index contributed by atoms with van der Waals surface area (Å²) in [6.45, 7) is -0.283. The maximum Gasteiger partial charge on any atom is 0.321 e. The lowest BCUT2D eigenvalue weighted by molar-refractivity contribution is -0.139. The molecule has 2 aromatic rings. The highest BCUT2D eigenvalue weighted by atomic mass is 19.3. The number of rotatable bonds is 9. The molecule has 0 aliphatic heterocycles.